The molecule has 1 aromatic heterocycles. The molecule has 5 heteroatoms. The number of anilines is 1. The van der Waals surface area contributed by atoms with Crippen LogP contribution in [0.15, 0.2) is 23.1 Å². The van der Waals surface area contributed by atoms with Crippen molar-refractivity contribution in [3.05, 3.63) is 34.4 Å². The van der Waals surface area contributed by atoms with Gasteiger partial charge in [-0.15, -0.1) is 0 Å². The number of halogens is 1. The highest BCUT2D eigenvalue weighted by Gasteiger charge is 2.23. The van der Waals surface area contributed by atoms with Crippen LogP contribution in [0.5, 0.6) is 5.75 Å². The summed E-state index contributed by atoms with van der Waals surface area (Å²) in [6.07, 6.45) is 12.1. The number of hydrogen-bond donors (Lipinski definition) is 1. The number of benzene rings is 1. The van der Waals surface area contributed by atoms with Gasteiger partial charge in [-0.25, -0.2) is 4.39 Å². The summed E-state index contributed by atoms with van der Waals surface area (Å²) in [5, 5.41) is 3.82. The Labute approximate surface area is 166 Å². The second-order valence-corrected chi connectivity index (χ2v) is 8.66. The van der Waals surface area contributed by atoms with Gasteiger partial charge in [-0.2, -0.15) is 0 Å². The standard InChI is InChI=1S/C23H31FN2O2/c1-15(2)28-22-14-26(17-10-6-7-11-17)21-13-20(19(24)12-18(21)23(22)27)25-16-8-4-3-5-9-16/h12-17,25H,3-11H2,1-2H3. The maximum atomic E-state index is 14.9. The van der Waals surface area contributed by atoms with Gasteiger partial charge in [0.25, 0.3) is 0 Å². The van der Waals surface area contributed by atoms with Gasteiger partial charge >= 0.3 is 0 Å². The third-order valence-electron chi connectivity index (χ3n) is 6.13. The fraction of sp³-hybridized carbons (Fsp3) is 0.609. The van der Waals surface area contributed by atoms with Crippen molar-refractivity contribution in [2.45, 2.75) is 89.8 Å². The molecule has 0 amide bonds. The molecule has 2 fully saturated rings. The van der Waals surface area contributed by atoms with Crippen molar-refractivity contribution >= 4 is 16.6 Å². The Kier molecular flexibility index (Phi) is 5.61. The lowest BCUT2D eigenvalue weighted by Crippen LogP contribution is -2.23. The second kappa shape index (κ2) is 8.14. The predicted octanol–water partition coefficient (Wildman–Crippen LogP) is 5.79. The number of hydrogen-bond acceptors (Lipinski definition) is 3. The molecule has 0 unspecified atom stereocenters. The summed E-state index contributed by atoms with van der Waals surface area (Å²) in [6, 6.07) is 3.90. The lowest BCUT2D eigenvalue weighted by molar-refractivity contribution is 0.238. The molecule has 2 aromatic rings. The average Bonchev–Trinajstić information content (AvgIpc) is 3.20. The molecule has 0 aliphatic heterocycles. The first kappa shape index (κ1) is 19.3. The summed E-state index contributed by atoms with van der Waals surface area (Å²) >= 11 is 0. The summed E-state index contributed by atoms with van der Waals surface area (Å²) in [4.78, 5) is 13.0. The molecule has 2 aliphatic carbocycles. The normalized spacial score (nSPS) is 18.9. The first-order valence-electron chi connectivity index (χ1n) is 10.8. The van der Waals surface area contributed by atoms with Crippen molar-refractivity contribution in [3.63, 3.8) is 0 Å². The Balaban J connectivity index is 1.81. The number of nitrogens with one attached hydrogen (secondary N) is 1. The van der Waals surface area contributed by atoms with Crippen LogP contribution >= 0.6 is 0 Å². The number of nitrogens with zero attached hydrogens (tertiary/aromatic N) is 1. The second-order valence-electron chi connectivity index (χ2n) is 8.66. The van der Waals surface area contributed by atoms with Crippen molar-refractivity contribution in [1.29, 1.82) is 0 Å². The first-order chi connectivity index (χ1) is 13.5. The van der Waals surface area contributed by atoms with Crippen LogP contribution in [-0.2, 0) is 0 Å². The highest BCUT2D eigenvalue weighted by molar-refractivity contribution is 5.84. The lowest BCUT2D eigenvalue weighted by atomic mass is 9.95. The van der Waals surface area contributed by atoms with E-state index in [1.54, 1.807) is 0 Å². The van der Waals surface area contributed by atoms with E-state index >= 15 is 0 Å². The molecule has 28 heavy (non-hydrogen) atoms. The smallest absolute Gasteiger partial charge is 0.231 e. The van der Waals surface area contributed by atoms with Gasteiger partial charge in [0.1, 0.15) is 5.82 Å². The van der Waals surface area contributed by atoms with Gasteiger partial charge in [0.05, 0.1) is 28.9 Å². The fourth-order valence-corrected chi connectivity index (χ4v) is 4.74. The molecule has 152 valence electrons. The third-order valence-corrected chi connectivity index (χ3v) is 6.13. The third kappa shape index (κ3) is 3.89. The van der Waals surface area contributed by atoms with Crippen LogP contribution in [0.3, 0.4) is 0 Å². The maximum Gasteiger partial charge on any atom is 0.231 e. The zero-order valence-electron chi connectivity index (χ0n) is 17.0. The van der Waals surface area contributed by atoms with Crippen LogP contribution in [0, 0.1) is 5.82 Å². The van der Waals surface area contributed by atoms with Crippen molar-refractivity contribution in [3.8, 4) is 5.75 Å². The molecule has 2 saturated carbocycles. The maximum absolute atomic E-state index is 14.9. The summed E-state index contributed by atoms with van der Waals surface area (Å²) < 4.78 is 22.8. The van der Waals surface area contributed by atoms with Gasteiger partial charge in [0.15, 0.2) is 5.75 Å². The van der Waals surface area contributed by atoms with E-state index in [-0.39, 0.29) is 17.3 Å². The van der Waals surface area contributed by atoms with Crippen LogP contribution in [-0.4, -0.2) is 16.7 Å². The fourth-order valence-electron chi connectivity index (χ4n) is 4.74. The van der Waals surface area contributed by atoms with E-state index in [1.165, 1.54) is 38.2 Å². The minimum atomic E-state index is -0.352. The van der Waals surface area contributed by atoms with E-state index < -0.39 is 0 Å². The lowest BCUT2D eigenvalue weighted by Gasteiger charge is -2.25. The molecule has 4 nitrogen and oxygen atoms in total. The molecule has 1 N–H and O–H groups in total. The molecule has 4 rings (SSSR count). The molecule has 0 atom stereocenters. The Bertz CT molecular complexity index is 894. The van der Waals surface area contributed by atoms with E-state index in [9.17, 15) is 9.18 Å². The first-order valence-corrected chi connectivity index (χ1v) is 10.8. The molecule has 1 heterocycles. The molecular weight excluding hydrogens is 355 g/mol. The monoisotopic (exact) mass is 386 g/mol. The molecule has 0 saturated heterocycles. The topological polar surface area (TPSA) is 43.3 Å². The number of ether oxygens (including phenoxy) is 1. The average molecular weight is 387 g/mol. The number of fused-ring (bicyclic) bond motifs is 1. The van der Waals surface area contributed by atoms with E-state index in [4.69, 9.17) is 4.74 Å². The molecule has 0 bridgehead atoms. The van der Waals surface area contributed by atoms with Gasteiger partial charge < -0.3 is 14.6 Å². The Morgan fingerprint density at radius 2 is 1.75 bits per heavy atom. The minimum Gasteiger partial charge on any atom is -0.485 e. The quantitative estimate of drug-likeness (QED) is 0.707. The van der Waals surface area contributed by atoms with E-state index in [0.717, 1.165) is 31.2 Å². The van der Waals surface area contributed by atoms with Crippen LogP contribution in [0.4, 0.5) is 10.1 Å². The van der Waals surface area contributed by atoms with Gasteiger partial charge in [-0.3, -0.25) is 4.79 Å². The number of aromatic nitrogens is 1. The summed E-state index contributed by atoms with van der Waals surface area (Å²) in [5.74, 6) is -0.0309. The van der Waals surface area contributed by atoms with Gasteiger partial charge in [0.2, 0.25) is 5.43 Å². The van der Waals surface area contributed by atoms with Crippen molar-refractivity contribution in [2.75, 3.05) is 5.32 Å². The van der Waals surface area contributed by atoms with Gasteiger partial charge in [0, 0.05) is 12.1 Å². The van der Waals surface area contributed by atoms with Crippen LogP contribution < -0.4 is 15.5 Å². The molecule has 1 aromatic carbocycles. The Hall–Kier alpha value is -2.04. The summed E-state index contributed by atoms with van der Waals surface area (Å²) in [6.45, 7) is 3.81. The predicted molar refractivity (Wildman–Crippen MR) is 112 cm³/mol. The van der Waals surface area contributed by atoms with E-state index in [1.807, 2.05) is 26.1 Å². The number of pyridine rings is 1. The highest BCUT2D eigenvalue weighted by atomic mass is 19.1. The minimum absolute atomic E-state index is 0.0979. The Morgan fingerprint density at radius 1 is 1.07 bits per heavy atom. The van der Waals surface area contributed by atoms with E-state index in [0.29, 0.717) is 28.9 Å². The zero-order valence-corrected chi connectivity index (χ0v) is 17.0. The molecule has 2 aliphatic rings. The molecule has 0 spiro atoms. The van der Waals surface area contributed by atoms with E-state index in [2.05, 4.69) is 9.88 Å². The summed E-state index contributed by atoms with van der Waals surface area (Å²) in [7, 11) is 0. The number of rotatable bonds is 5. The van der Waals surface area contributed by atoms with Crippen LogP contribution in [0.1, 0.15) is 77.7 Å². The van der Waals surface area contributed by atoms with Crippen LogP contribution in [0.2, 0.25) is 0 Å². The van der Waals surface area contributed by atoms with Crippen molar-refractivity contribution in [1.82, 2.24) is 4.57 Å². The van der Waals surface area contributed by atoms with Gasteiger partial charge in [-0.05, 0) is 51.7 Å². The Morgan fingerprint density at radius 3 is 2.43 bits per heavy atom. The summed E-state index contributed by atoms with van der Waals surface area (Å²) in [5.41, 5.74) is 1.11. The largest absolute Gasteiger partial charge is 0.485 e. The molecular formula is C23H31FN2O2. The van der Waals surface area contributed by atoms with Gasteiger partial charge in [-0.1, -0.05) is 32.1 Å². The van der Waals surface area contributed by atoms with Crippen molar-refractivity contribution in [2.24, 2.45) is 0 Å². The SMILES string of the molecule is CC(C)Oc1cn(C2CCCC2)c2cc(NC3CCCCC3)c(F)cc2c1=O. The van der Waals surface area contributed by atoms with Crippen LogP contribution in [0.25, 0.3) is 10.9 Å². The highest BCUT2D eigenvalue weighted by Crippen LogP contribution is 2.34. The molecule has 0 radical (unpaired) electrons. The zero-order chi connectivity index (χ0) is 19.7. The van der Waals surface area contributed by atoms with Crippen molar-refractivity contribution < 1.29 is 9.13 Å².